The van der Waals surface area contributed by atoms with Crippen molar-refractivity contribution in [2.24, 2.45) is 0 Å². The van der Waals surface area contributed by atoms with Crippen LogP contribution in [0.1, 0.15) is 34.3 Å². The highest BCUT2D eigenvalue weighted by Gasteiger charge is 2.26. The fraction of sp³-hybridized carbons (Fsp3) is 0.300. The van der Waals surface area contributed by atoms with E-state index in [2.05, 4.69) is 5.32 Å². The fourth-order valence-corrected chi connectivity index (χ4v) is 2.99. The summed E-state index contributed by atoms with van der Waals surface area (Å²) in [6, 6.07) is 9.82. The number of anilines is 1. The largest absolute Gasteiger partial charge is 0.459 e. The quantitative estimate of drug-likeness (QED) is 0.627. The Morgan fingerprint density at radius 2 is 1.71 bits per heavy atom. The van der Waals surface area contributed by atoms with Crippen molar-refractivity contribution < 1.29 is 23.6 Å². The molecule has 1 aliphatic rings. The van der Waals surface area contributed by atoms with Crippen molar-refractivity contribution in [2.75, 3.05) is 31.5 Å². The lowest BCUT2D eigenvalue weighted by molar-refractivity contribution is -0.135. The zero-order chi connectivity index (χ0) is 20.1. The Balaban J connectivity index is 1.49. The second-order valence-corrected chi connectivity index (χ2v) is 6.51. The van der Waals surface area contributed by atoms with Gasteiger partial charge in [-0.3, -0.25) is 19.2 Å². The number of ketones is 1. The standard InChI is InChI=1S/C20H21N3O5/c1-14(24)15-4-2-5-16(12-15)21-18(25)13-19(26)22-7-9-23(10-8-22)20(27)17-6-3-11-28-17/h2-6,11-12H,7-10,13H2,1H3,(H,21,25). The molecule has 2 aromatic rings. The van der Waals surface area contributed by atoms with Gasteiger partial charge in [0.15, 0.2) is 11.5 Å². The molecule has 0 aliphatic carbocycles. The van der Waals surface area contributed by atoms with E-state index in [9.17, 15) is 19.2 Å². The van der Waals surface area contributed by atoms with E-state index in [1.165, 1.54) is 13.2 Å². The maximum absolute atomic E-state index is 12.4. The summed E-state index contributed by atoms with van der Waals surface area (Å²) in [5.74, 6) is -0.786. The number of hydrogen-bond acceptors (Lipinski definition) is 5. The third-order valence-corrected chi connectivity index (χ3v) is 4.52. The van der Waals surface area contributed by atoms with Gasteiger partial charge in [0.25, 0.3) is 5.91 Å². The monoisotopic (exact) mass is 383 g/mol. The van der Waals surface area contributed by atoms with Crippen LogP contribution in [0.4, 0.5) is 5.69 Å². The van der Waals surface area contributed by atoms with Crippen LogP contribution in [-0.2, 0) is 9.59 Å². The van der Waals surface area contributed by atoms with Crippen molar-refractivity contribution in [2.45, 2.75) is 13.3 Å². The fourth-order valence-electron chi connectivity index (χ4n) is 2.99. The predicted molar refractivity (Wildman–Crippen MR) is 101 cm³/mol. The Hall–Kier alpha value is -3.42. The van der Waals surface area contributed by atoms with Crippen LogP contribution in [0.25, 0.3) is 0 Å². The van der Waals surface area contributed by atoms with Crippen molar-refractivity contribution in [1.29, 1.82) is 0 Å². The first-order chi connectivity index (χ1) is 13.4. The van der Waals surface area contributed by atoms with E-state index >= 15 is 0 Å². The number of nitrogens with zero attached hydrogens (tertiary/aromatic N) is 2. The summed E-state index contributed by atoms with van der Waals surface area (Å²) in [5, 5.41) is 2.64. The average Bonchev–Trinajstić information content (AvgIpc) is 3.22. The van der Waals surface area contributed by atoms with E-state index in [-0.39, 0.29) is 29.8 Å². The minimum absolute atomic E-state index is 0.103. The smallest absolute Gasteiger partial charge is 0.289 e. The van der Waals surface area contributed by atoms with Crippen LogP contribution in [0.2, 0.25) is 0 Å². The van der Waals surface area contributed by atoms with Gasteiger partial charge in [-0.25, -0.2) is 0 Å². The second-order valence-electron chi connectivity index (χ2n) is 6.51. The van der Waals surface area contributed by atoms with Gasteiger partial charge in [0.2, 0.25) is 11.8 Å². The predicted octanol–water partition coefficient (Wildman–Crippen LogP) is 1.80. The zero-order valence-electron chi connectivity index (χ0n) is 15.5. The minimum atomic E-state index is -0.445. The van der Waals surface area contributed by atoms with Gasteiger partial charge in [-0.2, -0.15) is 0 Å². The van der Waals surface area contributed by atoms with Crippen LogP contribution in [-0.4, -0.2) is 59.5 Å². The number of carbonyl (C=O) groups is 4. The number of nitrogens with one attached hydrogen (secondary N) is 1. The Labute approximate surface area is 162 Å². The molecule has 0 unspecified atom stereocenters. The molecule has 0 radical (unpaired) electrons. The Bertz CT molecular complexity index is 883. The first-order valence-corrected chi connectivity index (χ1v) is 8.95. The molecule has 0 bridgehead atoms. The van der Waals surface area contributed by atoms with Crippen LogP contribution < -0.4 is 5.32 Å². The van der Waals surface area contributed by atoms with E-state index in [1.807, 2.05) is 0 Å². The number of carbonyl (C=O) groups excluding carboxylic acids is 4. The van der Waals surface area contributed by atoms with Gasteiger partial charge in [0, 0.05) is 37.4 Å². The van der Waals surface area contributed by atoms with E-state index in [0.29, 0.717) is 37.4 Å². The summed E-state index contributed by atoms with van der Waals surface area (Å²) < 4.78 is 5.11. The summed E-state index contributed by atoms with van der Waals surface area (Å²) in [7, 11) is 0. The van der Waals surface area contributed by atoms with Crippen molar-refractivity contribution in [1.82, 2.24) is 9.80 Å². The third kappa shape index (κ3) is 4.64. The van der Waals surface area contributed by atoms with E-state index < -0.39 is 5.91 Å². The molecule has 2 heterocycles. The molecule has 0 saturated carbocycles. The van der Waals surface area contributed by atoms with Gasteiger partial charge < -0.3 is 19.5 Å². The second kappa shape index (κ2) is 8.51. The van der Waals surface area contributed by atoms with Gasteiger partial charge in [-0.15, -0.1) is 0 Å². The molecule has 1 aromatic heterocycles. The molecular formula is C20H21N3O5. The van der Waals surface area contributed by atoms with E-state index in [0.717, 1.165) is 0 Å². The van der Waals surface area contributed by atoms with Gasteiger partial charge >= 0.3 is 0 Å². The lowest BCUT2D eigenvalue weighted by atomic mass is 10.1. The van der Waals surface area contributed by atoms with E-state index in [1.54, 1.807) is 46.2 Å². The molecule has 146 valence electrons. The number of furan rings is 1. The lowest BCUT2D eigenvalue weighted by Gasteiger charge is -2.34. The van der Waals surface area contributed by atoms with E-state index in [4.69, 9.17) is 4.42 Å². The first kappa shape index (κ1) is 19.3. The van der Waals surface area contributed by atoms with Gasteiger partial charge in [0.05, 0.1) is 6.26 Å². The van der Waals surface area contributed by atoms with Crippen molar-refractivity contribution in [3.63, 3.8) is 0 Å². The van der Waals surface area contributed by atoms with Crippen LogP contribution >= 0.6 is 0 Å². The molecule has 3 rings (SSSR count). The normalized spacial score (nSPS) is 13.9. The molecule has 0 spiro atoms. The molecule has 1 saturated heterocycles. The summed E-state index contributed by atoms with van der Waals surface area (Å²) in [4.78, 5) is 51.4. The highest BCUT2D eigenvalue weighted by atomic mass is 16.3. The number of hydrogen-bond donors (Lipinski definition) is 1. The molecular weight excluding hydrogens is 362 g/mol. The Morgan fingerprint density at radius 1 is 1.00 bits per heavy atom. The first-order valence-electron chi connectivity index (χ1n) is 8.95. The summed E-state index contributed by atoms with van der Waals surface area (Å²) in [6.07, 6.45) is 1.15. The SMILES string of the molecule is CC(=O)c1cccc(NC(=O)CC(=O)N2CCN(C(=O)c3ccco3)CC2)c1. The van der Waals surface area contributed by atoms with Crippen molar-refractivity contribution in [3.05, 3.63) is 54.0 Å². The van der Waals surface area contributed by atoms with Gasteiger partial charge in [-0.1, -0.05) is 12.1 Å². The highest BCUT2D eigenvalue weighted by Crippen LogP contribution is 2.13. The molecule has 3 amide bonds. The average molecular weight is 383 g/mol. The summed E-state index contributed by atoms with van der Waals surface area (Å²) in [5.41, 5.74) is 0.959. The number of benzene rings is 1. The molecule has 1 fully saturated rings. The van der Waals surface area contributed by atoms with Crippen LogP contribution in [0, 0.1) is 0 Å². The molecule has 28 heavy (non-hydrogen) atoms. The lowest BCUT2D eigenvalue weighted by Crippen LogP contribution is -2.51. The number of piperazine rings is 1. The molecule has 1 N–H and O–H groups in total. The zero-order valence-corrected chi connectivity index (χ0v) is 15.5. The topological polar surface area (TPSA) is 99.9 Å². The van der Waals surface area contributed by atoms with Crippen molar-refractivity contribution >= 4 is 29.2 Å². The van der Waals surface area contributed by atoms with Gasteiger partial charge in [-0.05, 0) is 31.2 Å². The van der Waals surface area contributed by atoms with Crippen LogP contribution in [0.3, 0.4) is 0 Å². The van der Waals surface area contributed by atoms with Crippen molar-refractivity contribution in [3.8, 4) is 0 Å². The third-order valence-electron chi connectivity index (χ3n) is 4.52. The maximum Gasteiger partial charge on any atom is 0.289 e. The number of Topliss-reactive ketones (excluding diaryl/α,β-unsaturated/α-hetero) is 1. The maximum atomic E-state index is 12.4. The molecule has 8 heteroatoms. The summed E-state index contributed by atoms with van der Waals surface area (Å²) >= 11 is 0. The highest BCUT2D eigenvalue weighted by molar-refractivity contribution is 6.04. The summed E-state index contributed by atoms with van der Waals surface area (Å²) in [6.45, 7) is 2.93. The molecule has 1 aromatic carbocycles. The molecule has 1 aliphatic heterocycles. The molecule has 8 nitrogen and oxygen atoms in total. The molecule has 0 atom stereocenters. The minimum Gasteiger partial charge on any atom is -0.459 e. The number of rotatable bonds is 5. The Kier molecular flexibility index (Phi) is 5.88. The van der Waals surface area contributed by atoms with Crippen LogP contribution in [0.15, 0.2) is 47.1 Å². The Morgan fingerprint density at radius 3 is 2.36 bits per heavy atom. The van der Waals surface area contributed by atoms with Gasteiger partial charge in [0.1, 0.15) is 6.42 Å². The number of amides is 3. The van der Waals surface area contributed by atoms with Crippen LogP contribution in [0.5, 0.6) is 0 Å².